The summed E-state index contributed by atoms with van der Waals surface area (Å²) in [6.45, 7) is 0.260. The van der Waals surface area contributed by atoms with Crippen LogP contribution in [0.1, 0.15) is 37.7 Å². The van der Waals surface area contributed by atoms with E-state index in [1.54, 1.807) is 23.1 Å². The first-order valence-corrected chi connectivity index (χ1v) is 9.51. The molecule has 0 unspecified atom stereocenters. The summed E-state index contributed by atoms with van der Waals surface area (Å²) in [5.74, 6) is -1.75. The summed E-state index contributed by atoms with van der Waals surface area (Å²) < 4.78 is 18.6. The average molecular weight is 376 g/mol. The predicted molar refractivity (Wildman–Crippen MR) is 96.1 cm³/mol. The highest BCUT2D eigenvalue weighted by molar-refractivity contribution is 5.88. The smallest absolute Gasteiger partial charge is 0.311 e. The van der Waals surface area contributed by atoms with E-state index in [4.69, 9.17) is 4.74 Å². The highest BCUT2D eigenvalue weighted by Crippen LogP contribution is 2.29. The minimum absolute atomic E-state index is 0.00168. The van der Waals surface area contributed by atoms with Crippen molar-refractivity contribution in [1.82, 2.24) is 10.2 Å². The number of hydrogen-bond donors (Lipinski definition) is 1. The molecule has 2 fully saturated rings. The fourth-order valence-electron chi connectivity index (χ4n) is 3.80. The lowest BCUT2D eigenvalue weighted by Gasteiger charge is -2.23. The van der Waals surface area contributed by atoms with E-state index < -0.39 is 17.8 Å². The quantitative estimate of drug-likeness (QED) is 0.737. The molecule has 0 spiro atoms. The van der Waals surface area contributed by atoms with Crippen LogP contribution in [0.5, 0.6) is 0 Å². The highest BCUT2D eigenvalue weighted by atomic mass is 19.1. The molecule has 0 aromatic heterocycles. The predicted octanol–water partition coefficient (Wildman–Crippen LogP) is 1.82. The molecule has 6 nitrogen and oxygen atoms in total. The number of esters is 1. The van der Waals surface area contributed by atoms with Crippen LogP contribution in [0.15, 0.2) is 24.3 Å². The maximum Gasteiger partial charge on any atom is 0.311 e. The van der Waals surface area contributed by atoms with Gasteiger partial charge in [-0.25, -0.2) is 4.39 Å². The largest absolute Gasteiger partial charge is 0.455 e. The van der Waals surface area contributed by atoms with Gasteiger partial charge in [0, 0.05) is 25.6 Å². The summed E-state index contributed by atoms with van der Waals surface area (Å²) in [5.41, 5.74) is 0.520. The van der Waals surface area contributed by atoms with Gasteiger partial charge < -0.3 is 15.0 Å². The zero-order chi connectivity index (χ0) is 19.2. The normalized spacial score (nSPS) is 20.1. The third-order valence-corrected chi connectivity index (χ3v) is 5.28. The Kier molecular flexibility index (Phi) is 6.42. The molecule has 3 rings (SSSR count). The van der Waals surface area contributed by atoms with Gasteiger partial charge in [-0.15, -0.1) is 0 Å². The van der Waals surface area contributed by atoms with E-state index in [0.717, 1.165) is 25.7 Å². The monoisotopic (exact) mass is 376 g/mol. The molecule has 27 heavy (non-hydrogen) atoms. The maximum atomic E-state index is 13.5. The Morgan fingerprint density at radius 1 is 1.22 bits per heavy atom. The van der Waals surface area contributed by atoms with E-state index >= 15 is 0 Å². The number of amides is 2. The van der Waals surface area contributed by atoms with Gasteiger partial charge in [-0.1, -0.05) is 31.0 Å². The number of rotatable bonds is 7. The van der Waals surface area contributed by atoms with E-state index in [-0.39, 0.29) is 37.3 Å². The second-order valence-electron chi connectivity index (χ2n) is 7.18. The summed E-state index contributed by atoms with van der Waals surface area (Å²) in [5, 5.41) is 2.61. The van der Waals surface area contributed by atoms with Crippen LogP contribution >= 0.6 is 0 Å². The standard InChI is InChI=1S/C20H25FN2O4/c21-17-8-4-1-5-14(17)9-10-22-18(24)13-27-20(26)15-11-19(25)23(12-15)16-6-2-3-7-16/h1,4-5,8,15-16H,2-3,6-7,9-13H2,(H,22,24)/t15-/m1/s1. The zero-order valence-electron chi connectivity index (χ0n) is 15.3. The van der Waals surface area contributed by atoms with Gasteiger partial charge in [0.25, 0.3) is 5.91 Å². The Morgan fingerprint density at radius 3 is 2.70 bits per heavy atom. The number of hydrogen-bond acceptors (Lipinski definition) is 4. The lowest BCUT2D eigenvalue weighted by Crippen LogP contribution is -2.35. The average Bonchev–Trinajstić information content (AvgIpc) is 3.30. The van der Waals surface area contributed by atoms with Crippen molar-refractivity contribution in [2.45, 2.75) is 44.6 Å². The Balaban J connectivity index is 1.37. The SMILES string of the molecule is O=C(COC(=O)[C@@H]1CC(=O)N(C2CCCC2)C1)NCCc1ccccc1F. The second kappa shape index (κ2) is 8.97. The molecule has 1 atom stereocenters. The molecule has 1 heterocycles. The van der Waals surface area contributed by atoms with E-state index in [0.29, 0.717) is 18.5 Å². The van der Waals surface area contributed by atoms with Crippen molar-refractivity contribution in [2.24, 2.45) is 5.92 Å². The van der Waals surface area contributed by atoms with Gasteiger partial charge in [0.15, 0.2) is 6.61 Å². The molecule has 1 aliphatic heterocycles. The van der Waals surface area contributed by atoms with Crippen LogP contribution in [0.3, 0.4) is 0 Å². The Hall–Kier alpha value is -2.44. The molecule has 146 valence electrons. The first-order chi connectivity index (χ1) is 13.0. The van der Waals surface area contributed by atoms with Crippen LogP contribution in [0.25, 0.3) is 0 Å². The molecule has 2 aliphatic rings. The Morgan fingerprint density at radius 2 is 1.96 bits per heavy atom. The number of nitrogens with zero attached hydrogens (tertiary/aromatic N) is 1. The number of benzene rings is 1. The number of nitrogens with one attached hydrogen (secondary N) is 1. The number of ether oxygens (including phenoxy) is 1. The van der Waals surface area contributed by atoms with Gasteiger partial charge >= 0.3 is 5.97 Å². The third-order valence-electron chi connectivity index (χ3n) is 5.28. The van der Waals surface area contributed by atoms with E-state index in [9.17, 15) is 18.8 Å². The van der Waals surface area contributed by atoms with Gasteiger partial charge in [-0.2, -0.15) is 0 Å². The molecule has 1 saturated carbocycles. The van der Waals surface area contributed by atoms with Crippen LogP contribution in [-0.4, -0.2) is 48.4 Å². The molecular formula is C20H25FN2O4. The van der Waals surface area contributed by atoms with Gasteiger partial charge in [-0.3, -0.25) is 14.4 Å². The molecule has 2 amide bonds. The van der Waals surface area contributed by atoms with Gasteiger partial charge in [0.1, 0.15) is 5.82 Å². The van der Waals surface area contributed by atoms with Gasteiger partial charge in [0.05, 0.1) is 5.92 Å². The zero-order valence-corrected chi connectivity index (χ0v) is 15.3. The van der Waals surface area contributed by atoms with Crippen LogP contribution < -0.4 is 5.32 Å². The van der Waals surface area contributed by atoms with Crippen molar-refractivity contribution in [2.75, 3.05) is 19.7 Å². The fourth-order valence-corrected chi connectivity index (χ4v) is 3.80. The van der Waals surface area contributed by atoms with Crippen molar-refractivity contribution in [3.05, 3.63) is 35.6 Å². The van der Waals surface area contributed by atoms with E-state index in [2.05, 4.69) is 5.32 Å². The van der Waals surface area contributed by atoms with E-state index in [1.807, 2.05) is 0 Å². The number of likely N-dealkylation sites (tertiary alicyclic amines) is 1. The van der Waals surface area contributed by atoms with Crippen molar-refractivity contribution < 1.29 is 23.5 Å². The Bertz CT molecular complexity index is 703. The molecule has 1 saturated heterocycles. The summed E-state index contributed by atoms with van der Waals surface area (Å²) in [7, 11) is 0. The van der Waals surface area contributed by atoms with Crippen LogP contribution in [0, 0.1) is 11.7 Å². The minimum atomic E-state index is -0.506. The van der Waals surface area contributed by atoms with E-state index in [1.165, 1.54) is 6.07 Å². The highest BCUT2D eigenvalue weighted by Gasteiger charge is 2.39. The molecule has 0 bridgehead atoms. The number of carbonyl (C=O) groups excluding carboxylic acids is 3. The first kappa shape index (κ1) is 19.3. The Labute approximate surface area is 158 Å². The van der Waals surface area contributed by atoms with Crippen molar-refractivity contribution in [3.63, 3.8) is 0 Å². The topological polar surface area (TPSA) is 75.7 Å². The van der Waals surface area contributed by atoms with Gasteiger partial charge in [0.2, 0.25) is 5.91 Å². The first-order valence-electron chi connectivity index (χ1n) is 9.51. The summed E-state index contributed by atoms with van der Waals surface area (Å²) in [4.78, 5) is 37.9. The molecule has 1 N–H and O–H groups in total. The summed E-state index contributed by atoms with van der Waals surface area (Å²) in [6, 6.07) is 6.63. The van der Waals surface area contributed by atoms with Crippen LogP contribution in [0.2, 0.25) is 0 Å². The third kappa shape index (κ3) is 5.05. The lowest BCUT2D eigenvalue weighted by atomic mass is 10.1. The van der Waals surface area contributed by atoms with Crippen molar-refractivity contribution >= 4 is 17.8 Å². The molecule has 0 radical (unpaired) electrons. The lowest BCUT2D eigenvalue weighted by molar-refractivity contribution is -0.152. The minimum Gasteiger partial charge on any atom is -0.455 e. The molecule has 1 aromatic carbocycles. The second-order valence-corrected chi connectivity index (χ2v) is 7.18. The molecular weight excluding hydrogens is 351 g/mol. The van der Waals surface area contributed by atoms with Crippen LogP contribution in [-0.2, 0) is 25.5 Å². The van der Waals surface area contributed by atoms with Crippen molar-refractivity contribution in [1.29, 1.82) is 0 Å². The molecule has 1 aromatic rings. The van der Waals surface area contributed by atoms with Gasteiger partial charge in [-0.05, 0) is 30.9 Å². The van der Waals surface area contributed by atoms with Crippen LogP contribution in [0.4, 0.5) is 4.39 Å². The molecule has 1 aliphatic carbocycles. The maximum absolute atomic E-state index is 13.5. The summed E-state index contributed by atoms with van der Waals surface area (Å²) in [6.07, 6.45) is 4.76. The van der Waals surface area contributed by atoms with Crippen molar-refractivity contribution in [3.8, 4) is 0 Å². The molecule has 7 heteroatoms. The number of carbonyl (C=O) groups is 3. The summed E-state index contributed by atoms with van der Waals surface area (Å²) >= 11 is 0. The fraction of sp³-hybridized carbons (Fsp3) is 0.550. The number of halogens is 1.